The van der Waals surface area contributed by atoms with Crippen LogP contribution in [0.15, 0.2) is 24.3 Å². The Morgan fingerprint density at radius 3 is 2.89 bits per heavy atom. The molecule has 1 amide bonds. The van der Waals surface area contributed by atoms with Gasteiger partial charge in [0.05, 0.1) is 24.3 Å². The van der Waals surface area contributed by atoms with Gasteiger partial charge in [-0.2, -0.15) is 0 Å². The van der Waals surface area contributed by atoms with Crippen molar-refractivity contribution in [3.63, 3.8) is 0 Å². The molecular formula is C13H16FNO3. The van der Waals surface area contributed by atoms with E-state index in [2.05, 4.69) is 0 Å². The first-order valence-corrected chi connectivity index (χ1v) is 5.86. The number of ether oxygens (including phenoxy) is 1. The predicted molar refractivity (Wildman–Crippen MR) is 63.7 cm³/mol. The number of aliphatic hydroxyl groups is 1. The molecule has 0 aliphatic carbocycles. The van der Waals surface area contributed by atoms with E-state index in [0.717, 1.165) is 0 Å². The summed E-state index contributed by atoms with van der Waals surface area (Å²) in [5, 5.41) is 9.27. The summed E-state index contributed by atoms with van der Waals surface area (Å²) in [5.74, 6) is -0.938. The van der Waals surface area contributed by atoms with Crippen LogP contribution in [0.2, 0.25) is 0 Å². The largest absolute Gasteiger partial charge is 0.394 e. The second kappa shape index (κ2) is 5.46. The highest BCUT2D eigenvalue weighted by atomic mass is 19.1. The maximum atomic E-state index is 13.6. The molecule has 1 aliphatic heterocycles. The summed E-state index contributed by atoms with van der Waals surface area (Å²) >= 11 is 0. The van der Waals surface area contributed by atoms with E-state index in [1.165, 1.54) is 23.1 Å². The van der Waals surface area contributed by atoms with E-state index in [4.69, 9.17) is 4.74 Å². The van der Waals surface area contributed by atoms with Gasteiger partial charge in [0.25, 0.3) is 5.91 Å². The number of nitrogens with zero attached hydrogens (tertiary/aromatic N) is 1. The van der Waals surface area contributed by atoms with Crippen LogP contribution in [0.4, 0.5) is 4.39 Å². The van der Waals surface area contributed by atoms with Crippen LogP contribution >= 0.6 is 0 Å². The summed E-state index contributed by atoms with van der Waals surface area (Å²) in [6.07, 6.45) is 0.477. The smallest absolute Gasteiger partial charge is 0.257 e. The first-order valence-electron chi connectivity index (χ1n) is 5.86. The van der Waals surface area contributed by atoms with Crippen LogP contribution in [0.3, 0.4) is 0 Å². The second-order valence-electron chi connectivity index (χ2n) is 4.37. The van der Waals surface area contributed by atoms with Crippen molar-refractivity contribution in [2.24, 2.45) is 0 Å². The van der Waals surface area contributed by atoms with Gasteiger partial charge in [-0.1, -0.05) is 12.1 Å². The fraction of sp³-hybridized carbons (Fsp3) is 0.462. The highest BCUT2D eigenvalue weighted by Gasteiger charge is 2.35. The number of hydrogen-bond donors (Lipinski definition) is 1. The number of methoxy groups -OCH3 is 1. The average Bonchev–Trinajstić information content (AvgIpc) is 2.82. The second-order valence-corrected chi connectivity index (χ2v) is 4.37. The van der Waals surface area contributed by atoms with E-state index in [9.17, 15) is 14.3 Å². The van der Waals surface area contributed by atoms with Crippen molar-refractivity contribution in [1.82, 2.24) is 4.90 Å². The molecule has 5 heteroatoms. The lowest BCUT2D eigenvalue weighted by Crippen LogP contribution is -2.38. The summed E-state index contributed by atoms with van der Waals surface area (Å²) in [5.41, 5.74) is 0.0349. The van der Waals surface area contributed by atoms with Crippen molar-refractivity contribution in [3.8, 4) is 0 Å². The fourth-order valence-electron chi connectivity index (χ4n) is 2.26. The molecule has 1 saturated heterocycles. The zero-order valence-electron chi connectivity index (χ0n) is 10.2. The van der Waals surface area contributed by atoms with Gasteiger partial charge in [0.15, 0.2) is 0 Å². The third-order valence-electron chi connectivity index (χ3n) is 3.29. The summed E-state index contributed by atoms with van der Waals surface area (Å²) in [4.78, 5) is 13.7. The van der Waals surface area contributed by atoms with Crippen LogP contribution in [-0.4, -0.2) is 48.3 Å². The molecule has 0 bridgehead atoms. The van der Waals surface area contributed by atoms with Gasteiger partial charge in [0.2, 0.25) is 0 Å². The molecule has 1 aromatic carbocycles. The van der Waals surface area contributed by atoms with Crippen molar-refractivity contribution in [1.29, 1.82) is 0 Å². The van der Waals surface area contributed by atoms with E-state index < -0.39 is 11.7 Å². The Morgan fingerprint density at radius 1 is 1.56 bits per heavy atom. The Hall–Kier alpha value is -1.46. The monoisotopic (exact) mass is 253 g/mol. The fourth-order valence-corrected chi connectivity index (χ4v) is 2.26. The lowest BCUT2D eigenvalue weighted by atomic mass is 10.1. The molecular weight excluding hydrogens is 237 g/mol. The van der Waals surface area contributed by atoms with Gasteiger partial charge in [-0.25, -0.2) is 4.39 Å². The highest BCUT2D eigenvalue weighted by Crippen LogP contribution is 2.22. The minimum Gasteiger partial charge on any atom is -0.394 e. The molecule has 2 atom stereocenters. The van der Waals surface area contributed by atoms with Crippen molar-refractivity contribution < 1.29 is 19.0 Å². The third kappa shape index (κ3) is 2.37. The summed E-state index contributed by atoms with van der Waals surface area (Å²) < 4.78 is 18.8. The van der Waals surface area contributed by atoms with Gasteiger partial charge in [0.1, 0.15) is 5.82 Å². The van der Waals surface area contributed by atoms with Crippen molar-refractivity contribution in [2.75, 3.05) is 20.3 Å². The Labute approximate surface area is 105 Å². The molecule has 0 spiro atoms. The van der Waals surface area contributed by atoms with Gasteiger partial charge in [-0.05, 0) is 18.6 Å². The number of amides is 1. The topological polar surface area (TPSA) is 49.8 Å². The quantitative estimate of drug-likeness (QED) is 0.876. The van der Waals surface area contributed by atoms with Crippen molar-refractivity contribution in [2.45, 2.75) is 18.6 Å². The van der Waals surface area contributed by atoms with E-state index >= 15 is 0 Å². The van der Waals surface area contributed by atoms with E-state index in [1.807, 2.05) is 0 Å². The van der Waals surface area contributed by atoms with Gasteiger partial charge < -0.3 is 14.7 Å². The average molecular weight is 253 g/mol. The van der Waals surface area contributed by atoms with Gasteiger partial charge in [-0.15, -0.1) is 0 Å². The zero-order chi connectivity index (χ0) is 13.1. The molecule has 0 unspecified atom stereocenters. The number of halogens is 1. The Balaban J connectivity index is 2.21. The lowest BCUT2D eigenvalue weighted by Gasteiger charge is -2.22. The molecule has 0 radical (unpaired) electrons. The summed E-state index contributed by atoms with van der Waals surface area (Å²) in [6.45, 7) is 0.245. The van der Waals surface area contributed by atoms with E-state index in [-0.39, 0.29) is 24.3 Å². The number of carbonyl (C=O) groups is 1. The molecule has 18 heavy (non-hydrogen) atoms. The minimum atomic E-state index is -0.542. The van der Waals surface area contributed by atoms with Crippen LogP contribution in [0.1, 0.15) is 16.8 Å². The molecule has 0 saturated carbocycles. The van der Waals surface area contributed by atoms with Crippen LogP contribution in [-0.2, 0) is 4.74 Å². The lowest BCUT2D eigenvalue weighted by molar-refractivity contribution is 0.0643. The summed E-state index contributed by atoms with van der Waals surface area (Å²) in [7, 11) is 1.57. The highest BCUT2D eigenvalue weighted by molar-refractivity contribution is 5.94. The normalized spacial score (nSPS) is 23.4. The number of carbonyl (C=O) groups excluding carboxylic acids is 1. The Kier molecular flexibility index (Phi) is 3.93. The van der Waals surface area contributed by atoms with Crippen LogP contribution < -0.4 is 0 Å². The number of likely N-dealkylation sites (tertiary alicyclic amines) is 1. The zero-order valence-corrected chi connectivity index (χ0v) is 10.2. The van der Waals surface area contributed by atoms with Gasteiger partial charge in [0, 0.05) is 13.7 Å². The van der Waals surface area contributed by atoms with Gasteiger partial charge >= 0.3 is 0 Å². The first-order chi connectivity index (χ1) is 8.67. The van der Waals surface area contributed by atoms with Crippen molar-refractivity contribution >= 4 is 5.91 Å². The summed E-state index contributed by atoms with van der Waals surface area (Å²) in [6, 6.07) is 5.56. The number of hydrogen-bond acceptors (Lipinski definition) is 3. The molecule has 1 aromatic rings. The number of rotatable bonds is 3. The molecule has 98 valence electrons. The molecule has 2 rings (SSSR count). The molecule has 1 fully saturated rings. The molecule has 4 nitrogen and oxygen atoms in total. The van der Waals surface area contributed by atoms with Gasteiger partial charge in [-0.3, -0.25) is 4.79 Å². The number of aliphatic hydroxyl groups excluding tert-OH is 1. The van der Waals surface area contributed by atoms with Crippen LogP contribution in [0.5, 0.6) is 0 Å². The Morgan fingerprint density at radius 2 is 2.28 bits per heavy atom. The van der Waals surface area contributed by atoms with Crippen molar-refractivity contribution in [3.05, 3.63) is 35.6 Å². The van der Waals surface area contributed by atoms with E-state index in [0.29, 0.717) is 13.0 Å². The van der Waals surface area contributed by atoms with Crippen LogP contribution in [0.25, 0.3) is 0 Å². The molecule has 1 aliphatic rings. The SMILES string of the molecule is CO[C@@H]1C[C@@H](CO)N(C(=O)c2ccccc2F)C1. The Bertz CT molecular complexity index is 438. The van der Waals surface area contributed by atoms with E-state index in [1.54, 1.807) is 13.2 Å². The molecule has 0 aromatic heterocycles. The maximum Gasteiger partial charge on any atom is 0.257 e. The minimum absolute atomic E-state index is 0.0349. The molecule has 1 heterocycles. The van der Waals surface area contributed by atoms with Crippen LogP contribution in [0, 0.1) is 5.82 Å². The standard InChI is InChI=1S/C13H16FNO3/c1-18-10-6-9(8-16)15(7-10)13(17)11-4-2-3-5-12(11)14/h2-5,9-10,16H,6-8H2,1H3/t9-,10+/m0/s1. The molecule has 1 N–H and O–H groups in total. The predicted octanol–water partition coefficient (Wildman–Crippen LogP) is 1.05. The first kappa shape index (κ1) is 13.0. The third-order valence-corrected chi connectivity index (χ3v) is 3.29. The number of benzene rings is 1. The maximum absolute atomic E-state index is 13.6.